The third-order valence-corrected chi connectivity index (χ3v) is 2.08. The lowest BCUT2D eigenvalue weighted by molar-refractivity contribution is 0.0697. The SMILES string of the molecule is O=C(O)c1ccc(S)cc1.c1ccccc1. The van der Waals surface area contributed by atoms with Crippen molar-refractivity contribution in [3.8, 4) is 0 Å². The molecular weight excluding hydrogens is 220 g/mol. The van der Waals surface area contributed by atoms with Crippen molar-refractivity contribution in [2.45, 2.75) is 4.90 Å². The Hall–Kier alpha value is -1.74. The van der Waals surface area contributed by atoms with Gasteiger partial charge in [-0.25, -0.2) is 4.79 Å². The van der Waals surface area contributed by atoms with Crippen LogP contribution in [0.2, 0.25) is 0 Å². The molecule has 0 aromatic heterocycles. The highest BCUT2D eigenvalue weighted by molar-refractivity contribution is 7.80. The third kappa shape index (κ3) is 4.66. The minimum Gasteiger partial charge on any atom is -0.478 e. The smallest absolute Gasteiger partial charge is 0.335 e. The van der Waals surface area contributed by atoms with Crippen LogP contribution >= 0.6 is 12.6 Å². The molecule has 16 heavy (non-hydrogen) atoms. The number of carbonyl (C=O) groups is 1. The Morgan fingerprint density at radius 2 is 1.25 bits per heavy atom. The molecule has 0 saturated carbocycles. The van der Waals surface area contributed by atoms with E-state index in [9.17, 15) is 4.79 Å². The molecular formula is C13H12O2S. The van der Waals surface area contributed by atoms with Gasteiger partial charge in [0.25, 0.3) is 0 Å². The highest BCUT2D eigenvalue weighted by Gasteiger charge is 1.98. The van der Waals surface area contributed by atoms with Crippen LogP contribution in [0.4, 0.5) is 0 Å². The quantitative estimate of drug-likeness (QED) is 0.740. The summed E-state index contributed by atoms with van der Waals surface area (Å²) < 4.78 is 0. The van der Waals surface area contributed by atoms with Crippen LogP contribution in [0.15, 0.2) is 65.6 Å². The summed E-state index contributed by atoms with van der Waals surface area (Å²) in [7, 11) is 0. The molecule has 2 nitrogen and oxygen atoms in total. The predicted octanol–water partition coefficient (Wildman–Crippen LogP) is 3.36. The van der Waals surface area contributed by atoms with Gasteiger partial charge in [-0.15, -0.1) is 12.6 Å². The molecule has 0 unspecified atom stereocenters. The van der Waals surface area contributed by atoms with Crippen LogP contribution < -0.4 is 0 Å². The molecule has 0 aliphatic carbocycles. The normalized spacial score (nSPS) is 8.81. The number of rotatable bonds is 1. The molecule has 0 atom stereocenters. The minimum atomic E-state index is -0.909. The van der Waals surface area contributed by atoms with E-state index in [4.69, 9.17) is 5.11 Å². The first kappa shape index (κ1) is 12.3. The number of hydrogen-bond donors (Lipinski definition) is 2. The topological polar surface area (TPSA) is 37.3 Å². The van der Waals surface area contributed by atoms with E-state index >= 15 is 0 Å². The molecule has 0 spiro atoms. The van der Waals surface area contributed by atoms with Crippen molar-refractivity contribution in [1.82, 2.24) is 0 Å². The van der Waals surface area contributed by atoms with Crippen LogP contribution in [0, 0.1) is 0 Å². The number of aromatic carboxylic acids is 1. The summed E-state index contributed by atoms with van der Waals surface area (Å²) in [4.78, 5) is 11.1. The highest BCUT2D eigenvalue weighted by atomic mass is 32.1. The van der Waals surface area contributed by atoms with Gasteiger partial charge in [0.1, 0.15) is 0 Å². The Labute approximate surface area is 100.0 Å². The first-order chi connectivity index (χ1) is 7.70. The summed E-state index contributed by atoms with van der Waals surface area (Å²) >= 11 is 4.01. The zero-order valence-electron chi connectivity index (χ0n) is 8.58. The summed E-state index contributed by atoms with van der Waals surface area (Å²) in [6, 6.07) is 18.3. The van der Waals surface area contributed by atoms with Crippen LogP contribution in [0.3, 0.4) is 0 Å². The Kier molecular flexibility index (Phi) is 5.16. The van der Waals surface area contributed by atoms with Crippen molar-refractivity contribution < 1.29 is 9.90 Å². The van der Waals surface area contributed by atoms with Crippen LogP contribution in [0.1, 0.15) is 10.4 Å². The monoisotopic (exact) mass is 232 g/mol. The summed E-state index contributed by atoms with van der Waals surface area (Å²) in [6.45, 7) is 0. The fourth-order valence-electron chi connectivity index (χ4n) is 0.989. The van der Waals surface area contributed by atoms with Crippen LogP contribution in [0.5, 0.6) is 0 Å². The van der Waals surface area contributed by atoms with E-state index in [2.05, 4.69) is 12.6 Å². The van der Waals surface area contributed by atoms with Gasteiger partial charge >= 0.3 is 5.97 Å². The summed E-state index contributed by atoms with van der Waals surface area (Å²) in [5, 5.41) is 8.45. The van der Waals surface area contributed by atoms with Gasteiger partial charge in [0, 0.05) is 4.90 Å². The van der Waals surface area contributed by atoms with Gasteiger partial charge in [-0.2, -0.15) is 0 Å². The molecule has 0 fully saturated rings. The maximum absolute atomic E-state index is 10.3. The van der Waals surface area contributed by atoms with Gasteiger partial charge in [0.15, 0.2) is 0 Å². The second kappa shape index (κ2) is 6.69. The van der Waals surface area contributed by atoms with E-state index in [1.165, 1.54) is 12.1 Å². The zero-order valence-corrected chi connectivity index (χ0v) is 9.47. The molecule has 0 radical (unpaired) electrons. The fraction of sp³-hybridized carbons (Fsp3) is 0. The van der Waals surface area contributed by atoms with Gasteiger partial charge < -0.3 is 5.11 Å². The van der Waals surface area contributed by atoms with E-state index < -0.39 is 5.97 Å². The van der Waals surface area contributed by atoms with E-state index in [0.717, 1.165) is 4.90 Å². The Balaban J connectivity index is 0.000000181. The second-order valence-corrected chi connectivity index (χ2v) is 3.52. The maximum Gasteiger partial charge on any atom is 0.335 e. The van der Waals surface area contributed by atoms with Crippen molar-refractivity contribution in [1.29, 1.82) is 0 Å². The molecule has 3 heteroatoms. The second-order valence-electron chi connectivity index (χ2n) is 3.01. The highest BCUT2D eigenvalue weighted by Crippen LogP contribution is 2.06. The summed E-state index contributed by atoms with van der Waals surface area (Å²) in [5.74, 6) is -0.909. The van der Waals surface area contributed by atoms with Crippen molar-refractivity contribution in [3.63, 3.8) is 0 Å². The number of hydrogen-bond acceptors (Lipinski definition) is 2. The number of carboxylic acid groups (broad SMARTS) is 1. The molecule has 82 valence electrons. The molecule has 0 heterocycles. The minimum absolute atomic E-state index is 0.290. The maximum atomic E-state index is 10.3. The molecule has 0 aliphatic heterocycles. The van der Waals surface area contributed by atoms with Gasteiger partial charge in [-0.3, -0.25) is 0 Å². The zero-order chi connectivity index (χ0) is 11.8. The molecule has 2 aromatic rings. The van der Waals surface area contributed by atoms with Crippen molar-refractivity contribution in [2.24, 2.45) is 0 Å². The molecule has 0 saturated heterocycles. The average Bonchev–Trinajstić information content (AvgIpc) is 2.32. The molecule has 1 N–H and O–H groups in total. The van der Waals surface area contributed by atoms with Crippen LogP contribution in [-0.2, 0) is 0 Å². The molecule has 2 aromatic carbocycles. The lowest BCUT2D eigenvalue weighted by atomic mass is 10.2. The first-order valence-electron chi connectivity index (χ1n) is 4.72. The van der Waals surface area contributed by atoms with Gasteiger partial charge in [0.05, 0.1) is 5.56 Å². The largest absolute Gasteiger partial charge is 0.478 e. The van der Waals surface area contributed by atoms with Crippen LogP contribution in [-0.4, -0.2) is 11.1 Å². The number of thiol groups is 1. The van der Waals surface area contributed by atoms with Crippen molar-refractivity contribution in [3.05, 3.63) is 66.2 Å². The Morgan fingerprint density at radius 3 is 1.56 bits per heavy atom. The van der Waals surface area contributed by atoms with Gasteiger partial charge in [-0.1, -0.05) is 36.4 Å². The molecule has 0 aliphatic rings. The Bertz CT molecular complexity index is 397. The summed E-state index contributed by atoms with van der Waals surface area (Å²) in [6.07, 6.45) is 0. The average molecular weight is 232 g/mol. The molecule has 2 rings (SSSR count). The Morgan fingerprint density at radius 1 is 0.875 bits per heavy atom. The van der Waals surface area contributed by atoms with Crippen molar-refractivity contribution in [2.75, 3.05) is 0 Å². The van der Waals surface area contributed by atoms with E-state index in [1.54, 1.807) is 12.1 Å². The van der Waals surface area contributed by atoms with Crippen molar-refractivity contribution >= 4 is 18.6 Å². The number of benzene rings is 2. The molecule has 0 bridgehead atoms. The van der Waals surface area contributed by atoms with E-state index in [-0.39, 0.29) is 5.56 Å². The standard InChI is InChI=1S/C7H6O2S.C6H6/c8-7(9)5-1-3-6(10)4-2-5;1-2-4-6-5-3-1/h1-4,10H,(H,8,9);1-6H. The lowest BCUT2D eigenvalue weighted by Crippen LogP contribution is -1.94. The summed E-state index contributed by atoms with van der Waals surface area (Å²) in [5.41, 5.74) is 0.290. The lowest BCUT2D eigenvalue weighted by Gasteiger charge is -1.92. The van der Waals surface area contributed by atoms with Gasteiger partial charge in [0.2, 0.25) is 0 Å². The van der Waals surface area contributed by atoms with E-state index in [1.807, 2.05) is 36.4 Å². The third-order valence-electron chi connectivity index (χ3n) is 1.78. The van der Waals surface area contributed by atoms with E-state index in [0.29, 0.717) is 0 Å². The first-order valence-corrected chi connectivity index (χ1v) is 5.17. The number of carboxylic acids is 1. The molecule has 0 amide bonds. The predicted molar refractivity (Wildman–Crippen MR) is 67.1 cm³/mol. The fourth-order valence-corrected chi connectivity index (χ4v) is 1.14. The van der Waals surface area contributed by atoms with Crippen LogP contribution in [0.25, 0.3) is 0 Å². The van der Waals surface area contributed by atoms with Gasteiger partial charge in [-0.05, 0) is 24.3 Å².